The number of amides is 2. The van der Waals surface area contributed by atoms with E-state index in [1.165, 1.54) is 43.4 Å². The third-order valence-corrected chi connectivity index (χ3v) is 9.82. The summed E-state index contributed by atoms with van der Waals surface area (Å²) in [5.41, 5.74) is 4.30. The molecular weight excluding hydrogens is 596 g/mol. The SMILES string of the molecule is CCCN(CCC)C(=O)c1cc(C)cc(C(=O)NC(Cc2cc(F)cc(F)c2)C(O)CNCc2cccc(C3CC4CCC3C4)c2)c1. The molecule has 0 aliphatic heterocycles. The normalized spacial score (nSPS) is 19.8. The third-order valence-electron chi connectivity index (χ3n) is 9.82. The van der Waals surface area contributed by atoms with Gasteiger partial charge in [-0.3, -0.25) is 9.59 Å². The zero-order valence-corrected chi connectivity index (χ0v) is 27.9. The Labute approximate surface area is 278 Å². The molecule has 8 heteroatoms. The van der Waals surface area contributed by atoms with E-state index in [4.69, 9.17) is 0 Å². The molecule has 2 aliphatic rings. The van der Waals surface area contributed by atoms with Gasteiger partial charge >= 0.3 is 0 Å². The molecule has 2 amide bonds. The zero-order valence-electron chi connectivity index (χ0n) is 27.9. The molecule has 3 aromatic rings. The first-order valence-electron chi connectivity index (χ1n) is 17.3. The first-order chi connectivity index (χ1) is 22.6. The lowest BCUT2D eigenvalue weighted by molar-refractivity contribution is 0.0755. The fourth-order valence-corrected chi connectivity index (χ4v) is 7.69. The lowest BCUT2D eigenvalue weighted by atomic mass is 9.83. The minimum absolute atomic E-state index is 0.0152. The number of nitrogens with one attached hydrogen (secondary N) is 2. The summed E-state index contributed by atoms with van der Waals surface area (Å²) in [7, 11) is 0. The number of aliphatic hydroxyl groups excluding tert-OH is 1. The molecule has 6 nitrogen and oxygen atoms in total. The Morgan fingerprint density at radius 3 is 2.30 bits per heavy atom. The van der Waals surface area contributed by atoms with Crippen molar-refractivity contribution in [2.45, 2.75) is 90.3 Å². The van der Waals surface area contributed by atoms with Crippen LogP contribution in [0.2, 0.25) is 0 Å². The molecule has 0 saturated heterocycles. The van der Waals surface area contributed by atoms with Crippen LogP contribution in [0.1, 0.15) is 101 Å². The second-order valence-corrected chi connectivity index (χ2v) is 13.7. The zero-order chi connectivity index (χ0) is 33.5. The van der Waals surface area contributed by atoms with E-state index in [0.717, 1.165) is 41.9 Å². The van der Waals surface area contributed by atoms with Crippen molar-refractivity contribution < 1.29 is 23.5 Å². The fourth-order valence-electron chi connectivity index (χ4n) is 7.69. The highest BCUT2D eigenvalue weighted by Crippen LogP contribution is 2.52. The quantitative estimate of drug-likeness (QED) is 0.168. The van der Waals surface area contributed by atoms with E-state index in [-0.39, 0.29) is 24.4 Å². The van der Waals surface area contributed by atoms with Gasteiger partial charge in [-0.2, -0.15) is 0 Å². The summed E-state index contributed by atoms with van der Waals surface area (Å²) in [6.45, 7) is 7.81. The Bertz CT molecular complexity index is 1520. The molecule has 2 fully saturated rings. The van der Waals surface area contributed by atoms with Crippen molar-refractivity contribution in [3.63, 3.8) is 0 Å². The van der Waals surface area contributed by atoms with Gasteiger partial charge in [0.2, 0.25) is 0 Å². The molecule has 5 unspecified atom stereocenters. The molecule has 3 N–H and O–H groups in total. The largest absolute Gasteiger partial charge is 0.390 e. The highest BCUT2D eigenvalue weighted by Gasteiger charge is 2.40. The molecule has 0 spiro atoms. The van der Waals surface area contributed by atoms with Crippen LogP contribution in [0.15, 0.2) is 60.7 Å². The van der Waals surface area contributed by atoms with E-state index in [9.17, 15) is 23.5 Å². The number of benzene rings is 3. The number of carbonyl (C=O) groups excluding carboxylic acids is 2. The first kappa shape index (κ1) is 34.7. The highest BCUT2D eigenvalue weighted by molar-refractivity contribution is 6.00. The van der Waals surface area contributed by atoms with E-state index >= 15 is 0 Å². The van der Waals surface area contributed by atoms with Gasteiger partial charge in [-0.1, -0.05) is 44.5 Å². The van der Waals surface area contributed by atoms with Crippen molar-refractivity contribution in [3.05, 3.63) is 106 Å². The van der Waals surface area contributed by atoms with Crippen LogP contribution in [0.3, 0.4) is 0 Å². The van der Waals surface area contributed by atoms with Crippen LogP contribution in [0.25, 0.3) is 0 Å². The van der Waals surface area contributed by atoms with Crippen LogP contribution in [0.5, 0.6) is 0 Å². The molecule has 2 aliphatic carbocycles. The van der Waals surface area contributed by atoms with Gasteiger partial charge in [0.25, 0.3) is 11.8 Å². The van der Waals surface area contributed by atoms with Crippen molar-refractivity contribution >= 4 is 11.8 Å². The monoisotopic (exact) mass is 645 g/mol. The number of aliphatic hydroxyl groups is 1. The maximum atomic E-state index is 14.1. The molecule has 252 valence electrons. The predicted octanol–water partition coefficient (Wildman–Crippen LogP) is 6.93. The summed E-state index contributed by atoms with van der Waals surface area (Å²) >= 11 is 0. The van der Waals surface area contributed by atoms with E-state index in [1.54, 1.807) is 23.1 Å². The van der Waals surface area contributed by atoms with Crippen LogP contribution in [0, 0.1) is 30.4 Å². The summed E-state index contributed by atoms with van der Waals surface area (Å²) in [4.78, 5) is 28.7. The first-order valence-corrected chi connectivity index (χ1v) is 17.3. The van der Waals surface area contributed by atoms with Crippen molar-refractivity contribution in [2.75, 3.05) is 19.6 Å². The van der Waals surface area contributed by atoms with Crippen molar-refractivity contribution in [1.29, 1.82) is 0 Å². The Kier molecular flexibility index (Phi) is 11.8. The smallest absolute Gasteiger partial charge is 0.253 e. The molecule has 5 rings (SSSR count). The van der Waals surface area contributed by atoms with Crippen LogP contribution in [-0.2, 0) is 13.0 Å². The van der Waals surface area contributed by atoms with E-state index < -0.39 is 29.7 Å². The van der Waals surface area contributed by atoms with Gasteiger partial charge in [0.05, 0.1) is 12.1 Å². The second kappa shape index (κ2) is 16.0. The molecular formula is C39H49F2N3O3. The van der Waals surface area contributed by atoms with Crippen LogP contribution < -0.4 is 10.6 Å². The Morgan fingerprint density at radius 2 is 1.64 bits per heavy atom. The Morgan fingerprint density at radius 1 is 0.915 bits per heavy atom. The van der Waals surface area contributed by atoms with Crippen molar-refractivity contribution in [3.8, 4) is 0 Å². The number of nitrogens with zero attached hydrogens (tertiary/aromatic N) is 1. The lowest BCUT2D eigenvalue weighted by Gasteiger charge is -2.26. The Balaban J connectivity index is 1.28. The summed E-state index contributed by atoms with van der Waals surface area (Å²) < 4.78 is 28.2. The lowest BCUT2D eigenvalue weighted by Crippen LogP contribution is -2.48. The highest BCUT2D eigenvalue weighted by atomic mass is 19.1. The minimum Gasteiger partial charge on any atom is -0.390 e. The van der Waals surface area contributed by atoms with E-state index in [1.807, 2.05) is 20.8 Å². The van der Waals surface area contributed by atoms with E-state index in [2.05, 4.69) is 34.9 Å². The van der Waals surface area contributed by atoms with Crippen LogP contribution in [-0.4, -0.2) is 53.6 Å². The van der Waals surface area contributed by atoms with Crippen LogP contribution >= 0.6 is 0 Å². The van der Waals surface area contributed by atoms with Gasteiger partial charge in [0.15, 0.2) is 0 Å². The molecule has 2 saturated carbocycles. The average Bonchev–Trinajstić information content (AvgIpc) is 3.68. The predicted molar refractivity (Wildman–Crippen MR) is 181 cm³/mol. The standard InChI is InChI=1S/C39H49F2N3O3/c1-4-11-44(12-5-2)39(47)32-14-25(3)13-31(21-32)38(46)43-36(20-28-17-33(40)22-34(41)18-28)37(45)24-42-23-27-7-6-8-29(16-27)35-19-26-9-10-30(35)15-26/h6-8,13-14,16-18,21-22,26,30,35-37,42,45H,4-5,9-12,15,19-20,23-24H2,1-3H3,(H,43,46). The maximum absolute atomic E-state index is 14.1. The van der Waals surface area contributed by atoms with Gasteiger partial charge in [-0.25, -0.2) is 8.78 Å². The number of rotatable bonds is 15. The van der Waals surface area contributed by atoms with Gasteiger partial charge in [0, 0.05) is 43.4 Å². The molecule has 5 atom stereocenters. The molecule has 2 bridgehead atoms. The number of hydrogen-bond acceptors (Lipinski definition) is 4. The Hall–Kier alpha value is -3.62. The molecule has 0 aromatic heterocycles. The molecule has 3 aromatic carbocycles. The van der Waals surface area contributed by atoms with Crippen molar-refractivity contribution in [1.82, 2.24) is 15.5 Å². The number of hydrogen-bond donors (Lipinski definition) is 3. The number of halogens is 2. The van der Waals surface area contributed by atoms with Crippen molar-refractivity contribution in [2.24, 2.45) is 11.8 Å². The fraction of sp³-hybridized carbons (Fsp3) is 0.487. The molecule has 0 heterocycles. The number of carbonyl (C=O) groups is 2. The number of aryl methyl sites for hydroxylation is 1. The van der Waals surface area contributed by atoms with Gasteiger partial charge in [-0.05, 0) is 116 Å². The number of fused-ring (bicyclic) bond motifs is 2. The minimum atomic E-state index is -1.06. The summed E-state index contributed by atoms with van der Waals surface area (Å²) in [5.74, 6) is 0.230. The molecule has 0 radical (unpaired) electrons. The second-order valence-electron chi connectivity index (χ2n) is 13.7. The van der Waals surface area contributed by atoms with Gasteiger partial charge < -0.3 is 20.6 Å². The van der Waals surface area contributed by atoms with Gasteiger partial charge in [-0.15, -0.1) is 0 Å². The van der Waals surface area contributed by atoms with Gasteiger partial charge in [0.1, 0.15) is 11.6 Å². The average molecular weight is 646 g/mol. The summed E-state index contributed by atoms with van der Waals surface area (Å²) in [6, 6.07) is 16.1. The van der Waals surface area contributed by atoms with Crippen LogP contribution in [0.4, 0.5) is 8.78 Å². The maximum Gasteiger partial charge on any atom is 0.253 e. The molecule has 47 heavy (non-hydrogen) atoms. The summed E-state index contributed by atoms with van der Waals surface area (Å²) in [5, 5.41) is 17.6. The topological polar surface area (TPSA) is 81.7 Å². The third kappa shape index (κ3) is 9.05. The summed E-state index contributed by atoms with van der Waals surface area (Å²) in [6.07, 6.45) is 5.91. The van der Waals surface area contributed by atoms with E-state index in [0.29, 0.717) is 36.7 Å².